The minimum Gasteiger partial charge on any atom is -0.465 e. The zero-order valence-electron chi connectivity index (χ0n) is 11.7. The van der Waals surface area contributed by atoms with Crippen molar-refractivity contribution in [3.8, 4) is 0 Å². The predicted octanol–water partition coefficient (Wildman–Crippen LogP) is 3.58. The maximum atomic E-state index is 12.5. The summed E-state index contributed by atoms with van der Waals surface area (Å²) in [4.78, 5) is 24.2. The molecule has 0 bridgehead atoms. The van der Waals surface area contributed by atoms with Crippen molar-refractivity contribution < 1.29 is 14.3 Å². The number of benzene rings is 1. The number of hydrogen-bond acceptors (Lipinski definition) is 3. The molecule has 1 aliphatic rings. The highest BCUT2D eigenvalue weighted by molar-refractivity contribution is 9.10. The molecule has 0 aliphatic carbocycles. The fraction of sp³-hybridized carbons (Fsp3) is 0.250. The highest BCUT2D eigenvalue weighted by Crippen LogP contribution is 2.47. The average molecular weight is 350 g/mol. The van der Waals surface area contributed by atoms with Crippen LogP contribution >= 0.6 is 15.9 Å². The van der Waals surface area contributed by atoms with Gasteiger partial charge in [0, 0.05) is 15.7 Å². The van der Waals surface area contributed by atoms with Crippen molar-refractivity contribution >= 4 is 33.5 Å². The largest absolute Gasteiger partial charge is 0.465 e. The number of ether oxygens (including phenoxy) is 1. The molecule has 0 spiro atoms. The fourth-order valence-corrected chi connectivity index (χ4v) is 3.59. The number of rotatable bonds is 5. The van der Waals surface area contributed by atoms with E-state index < -0.39 is 11.4 Å². The second-order valence-corrected chi connectivity index (χ2v) is 5.75. The Kier molecular flexibility index (Phi) is 4.32. The Labute approximate surface area is 132 Å². The summed E-state index contributed by atoms with van der Waals surface area (Å²) in [6.45, 7) is 7.49. The molecule has 110 valence electrons. The molecule has 1 aliphatic heterocycles. The highest BCUT2D eigenvalue weighted by atomic mass is 79.9. The van der Waals surface area contributed by atoms with Gasteiger partial charge in [-0.1, -0.05) is 28.1 Å². The molecule has 1 N–H and O–H groups in total. The standard InChI is InChI=1S/C16H16BrNO3/c1-4-6-16(7-5-2)13-11(17)8-10(14(19)21-3)9-12(13)18-15(16)20/h4-5,8-9H,1-2,6-7H2,3H3,(H,18,20). The summed E-state index contributed by atoms with van der Waals surface area (Å²) in [6.07, 6.45) is 4.43. The fourth-order valence-electron chi connectivity index (χ4n) is 2.75. The zero-order chi connectivity index (χ0) is 15.6. The molecule has 1 amide bonds. The summed E-state index contributed by atoms with van der Waals surface area (Å²) in [6, 6.07) is 3.31. The molecule has 0 radical (unpaired) electrons. The van der Waals surface area contributed by atoms with E-state index in [0.717, 1.165) is 5.56 Å². The Hall–Kier alpha value is -1.88. The van der Waals surface area contributed by atoms with Crippen LogP contribution in [-0.4, -0.2) is 19.0 Å². The van der Waals surface area contributed by atoms with Gasteiger partial charge in [0.1, 0.15) is 0 Å². The summed E-state index contributed by atoms with van der Waals surface area (Å²) >= 11 is 3.47. The number of anilines is 1. The van der Waals surface area contributed by atoms with Gasteiger partial charge in [-0.15, -0.1) is 13.2 Å². The van der Waals surface area contributed by atoms with Gasteiger partial charge in [-0.05, 0) is 25.0 Å². The zero-order valence-corrected chi connectivity index (χ0v) is 13.3. The molecular weight excluding hydrogens is 334 g/mol. The van der Waals surface area contributed by atoms with E-state index in [1.54, 1.807) is 24.3 Å². The second kappa shape index (κ2) is 5.85. The van der Waals surface area contributed by atoms with Crippen LogP contribution in [-0.2, 0) is 14.9 Å². The number of esters is 1. The third kappa shape index (κ3) is 2.42. The maximum Gasteiger partial charge on any atom is 0.337 e. The summed E-state index contributed by atoms with van der Waals surface area (Å²) in [7, 11) is 1.32. The molecule has 2 rings (SSSR count). The van der Waals surface area contributed by atoms with Crippen LogP contribution in [0.4, 0.5) is 5.69 Å². The molecule has 0 fully saturated rings. The van der Waals surface area contributed by atoms with Crippen molar-refractivity contribution in [3.05, 3.63) is 53.0 Å². The van der Waals surface area contributed by atoms with Crippen LogP contribution in [0, 0.1) is 0 Å². The third-order valence-corrected chi connectivity index (χ3v) is 4.28. The van der Waals surface area contributed by atoms with Crippen LogP contribution in [0.25, 0.3) is 0 Å². The van der Waals surface area contributed by atoms with Crippen LogP contribution in [0.1, 0.15) is 28.8 Å². The van der Waals surface area contributed by atoms with Gasteiger partial charge >= 0.3 is 5.97 Å². The van der Waals surface area contributed by atoms with Crippen LogP contribution in [0.2, 0.25) is 0 Å². The molecule has 0 unspecified atom stereocenters. The minimum absolute atomic E-state index is 0.111. The second-order valence-electron chi connectivity index (χ2n) is 4.89. The third-order valence-electron chi connectivity index (χ3n) is 3.66. The van der Waals surface area contributed by atoms with E-state index in [9.17, 15) is 9.59 Å². The van der Waals surface area contributed by atoms with Gasteiger partial charge in [0.05, 0.1) is 18.1 Å². The lowest BCUT2D eigenvalue weighted by Crippen LogP contribution is -2.33. The molecule has 0 atom stereocenters. The normalized spacial score (nSPS) is 15.0. The summed E-state index contributed by atoms with van der Waals surface area (Å²) < 4.78 is 5.42. The van der Waals surface area contributed by atoms with E-state index in [1.807, 2.05) is 0 Å². The number of carbonyl (C=O) groups is 2. The van der Waals surface area contributed by atoms with E-state index in [2.05, 4.69) is 34.4 Å². The van der Waals surface area contributed by atoms with Gasteiger partial charge in [0.2, 0.25) is 5.91 Å². The minimum atomic E-state index is -0.730. The monoisotopic (exact) mass is 349 g/mol. The van der Waals surface area contributed by atoms with Crippen molar-refractivity contribution in [2.75, 3.05) is 12.4 Å². The predicted molar refractivity (Wildman–Crippen MR) is 85.4 cm³/mol. The number of halogens is 1. The molecule has 1 aromatic rings. The van der Waals surface area contributed by atoms with Gasteiger partial charge in [-0.3, -0.25) is 4.79 Å². The number of hydrogen-bond donors (Lipinski definition) is 1. The Bertz CT molecular complexity index is 627. The number of nitrogens with one attached hydrogen (secondary N) is 1. The summed E-state index contributed by atoms with van der Waals surface area (Å²) in [5, 5.41) is 2.85. The van der Waals surface area contributed by atoms with E-state index in [1.165, 1.54) is 7.11 Å². The quantitative estimate of drug-likeness (QED) is 0.652. The van der Waals surface area contributed by atoms with Crippen molar-refractivity contribution in [1.29, 1.82) is 0 Å². The van der Waals surface area contributed by atoms with Crippen LogP contribution in [0.3, 0.4) is 0 Å². The van der Waals surface area contributed by atoms with E-state index in [0.29, 0.717) is 28.6 Å². The first-order valence-electron chi connectivity index (χ1n) is 6.45. The van der Waals surface area contributed by atoms with E-state index >= 15 is 0 Å². The van der Waals surface area contributed by atoms with Crippen LogP contribution in [0.15, 0.2) is 41.9 Å². The van der Waals surface area contributed by atoms with Gasteiger partial charge in [0.15, 0.2) is 0 Å². The average Bonchev–Trinajstić information content (AvgIpc) is 2.71. The summed E-state index contributed by atoms with van der Waals surface area (Å²) in [5.74, 6) is -0.558. The number of allylic oxidation sites excluding steroid dienone is 2. The Morgan fingerprint density at radius 2 is 2.00 bits per heavy atom. The molecule has 21 heavy (non-hydrogen) atoms. The number of fused-ring (bicyclic) bond motifs is 1. The molecule has 1 heterocycles. The maximum absolute atomic E-state index is 12.5. The van der Waals surface area contributed by atoms with Gasteiger partial charge < -0.3 is 10.1 Å². The van der Waals surface area contributed by atoms with E-state index in [4.69, 9.17) is 4.74 Å². The Morgan fingerprint density at radius 3 is 2.52 bits per heavy atom. The lowest BCUT2D eigenvalue weighted by Gasteiger charge is -2.25. The van der Waals surface area contributed by atoms with Crippen LogP contribution < -0.4 is 5.32 Å². The highest BCUT2D eigenvalue weighted by Gasteiger charge is 2.46. The topological polar surface area (TPSA) is 55.4 Å². The molecule has 0 saturated carbocycles. The molecular formula is C16H16BrNO3. The number of methoxy groups -OCH3 is 1. The first-order chi connectivity index (χ1) is 10.00. The van der Waals surface area contributed by atoms with Crippen molar-refractivity contribution in [2.24, 2.45) is 0 Å². The SMILES string of the molecule is C=CCC1(CC=C)C(=O)Nc2cc(C(=O)OC)cc(Br)c21. The van der Waals surface area contributed by atoms with Crippen molar-refractivity contribution in [3.63, 3.8) is 0 Å². The molecule has 0 saturated heterocycles. The lowest BCUT2D eigenvalue weighted by molar-refractivity contribution is -0.120. The first-order valence-corrected chi connectivity index (χ1v) is 7.25. The van der Waals surface area contributed by atoms with E-state index in [-0.39, 0.29) is 5.91 Å². The summed E-state index contributed by atoms with van der Waals surface area (Å²) in [5.41, 5.74) is 1.11. The molecule has 5 heteroatoms. The van der Waals surface area contributed by atoms with Gasteiger partial charge in [0.25, 0.3) is 0 Å². The van der Waals surface area contributed by atoms with Crippen molar-refractivity contribution in [1.82, 2.24) is 0 Å². The first kappa shape index (κ1) is 15.5. The van der Waals surface area contributed by atoms with Gasteiger partial charge in [-0.25, -0.2) is 4.79 Å². The van der Waals surface area contributed by atoms with Gasteiger partial charge in [-0.2, -0.15) is 0 Å². The Morgan fingerprint density at radius 1 is 1.38 bits per heavy atom. The number of amides is 1. The molecule has 1 aromatic carbocycles. The lowest BCUT2D eigenvalue weighted by atomic mass is 9.75. The number of carbonyl (C=O) groups excluding carboxylic acids is 2. The smallest absolute Gasteiger partial charge is 0.337 e. The van der Waals surface area contributed by atoms with Crippen molar-refractivity contribution in [2.45, 2.75) is 18.3 Å². The molecule has 0 aromatic heterocycles. The Balaban J connectivity index is 2.64. The van der Waals surface area contributed by atoms with Crippen LogP contribution in [0.5, 0.6) is 0 Å². The molecule has 4 nitrogen and oxygen atoms in total.